The summed E-state index contributed by atoms with van der Waals surface area (Å²) < 4.78 is 5.46. The van der Waals surface area contributed by atoms with Crippen molar-refractivity contribution in [3.05, 3.63) is 36.5 Å². The van der Waals surface area contributed by atoms with Crippen LogP contribution in [-0.2, 0) is 14.3 Å². The van der Waals surface area contributed by atoms with Crippen molar-refractivity contribution in [1.29, 1.82) is 0 Å². The second-order valence-electron chi connectivity index (χ2n) is 20.7. The van der Waals surface area contributed by atoms with Gasteiger partial charge < -0.3 is 20.3 Å². The van der Waals surface area contributed by atoms with Gasteiger partial charge in [0.05, 0.1) is 25.4 Å². The molecule has 0 heterocycles. The van der Waals surface area contributed by atoms with E-state index in [2.05, 4.69) is 55.6 Å². The van der Waals surface area contributed by atoms with Crippen LogP contribution in [0, 0.1) is 0 Å². The number of carbonyl (C=O) groups excluding carboxylic acids is 2. The Kier molecular flexibility index (Phi) is 56.0. The number of ether oxygens (including phenoxy) is 1. The van der Waals surface area contributed by atoms with E-state index in [9.17, 15) is 19.8 Å². The molecule has 400 valence electrons. The number of carbonyl (C=O) groups is 2. The first kappa shape index (κ1) is 66.1. The average molecular weight is 957 g/mol. The van der Waals surface area contributed by atoms with E-state index >= 15 is 0 Å². The number of aliphatic hydroxyl groups is 2. The van der Waals surface area contributed by atoms with Crippen LogP contribution in [0.5, 0.6) is 0 Å². The van der Waals surface area contributed by atoms with Crippen molar-refractivity contribution in [2.75, 3.05) is 13.2 Å². The highest BCUT2D eigenvalue weighted by atomic mass is 16.5. The van der Waals surface area contributed by atoms with Crippen molar-refractivity contribution >= 4 is 11.9 Å². The second-order valence-corrected chi connectivity index (χ2v) is 20.7. The Labute approximate surface area is 424 Å². The smallest absolute Gasteiger partial charge is 0.305 e. The van der Waals surface area contributed by atoms with Crippen molar-refractivity contribution in [1.82, 2.24) is 5.32 Å². The lowest BCUT2D eigenvalue weighted by atomic mass is 10.0. The number of hydrogen-bond acceptors (Lipinski definition) is 5. The van der Waals surface area contributed by atoms with Gasteiger partial charge in [-0.05, 0) is 83.5 Å². The summed E-state index contributed by atoms with van der Waals surface area (Å²) in [5, 5.41) is 23.3. The molecule has 6 nitrogen and oxygen atoms in total. The number of hydrogen-bond donors (Lipinski definition) is 3. The molecule has 3 N–H and O–H groups in total. The molecule has 0 aromatic heterocycles. The lowest BCUT2D eigenvalue weighted by molar-refractivity contribution is -0.143. The predicted molar refractivity (Wildman–Crippen MR) is 296 cm³/mol. The summed E-state index contributed by atoms with van der Waals surface area (Å²) in [6.45, 7) is 4.93. The van der Waals surface area contributed by atoms with Crippen molar-refractivity contribution in [2.45, 2.75) is 334 Å². The fourth-order valence-corrected chi connectivity index (χ4v) is 9.25. The Hall–Kier alpha value is -1.92. The van der Waals surface area contributed by atoms with Gasteiger partial charge in [-0.1, -0.05) is 262 Å². The summed E-state index contributed by atoms with van der Waals surface area (Å²) in [4.78, 5) is 24.5. The van der Waals surface area contributed by atoms with E-state index in [4.69, 9.17) is 4.74 Å². The fourth-order valence-electron chi connectivity index (χ4n) is 9.25. The van der Waals surface area contributed by atoms with Crippen LogP contribution in [0.1, 0.15) is 322 Å². The number of aliphatic hydroxyl groups excluding tert-OH is 2. The van der Waals surface area contributed by atoms with E-state index in [0.29, 0.717) is 25.9 Å². The zero-order valence-electron chi connectivity index (χ0n) is 45.6. The van der Waals surface area contributed by atoms with E-state index in [-0.39, 0.29) is 18.5 Å². The molecule has 0 radical (unpaired) electrons. The van der Waals surface area contributed by atoms with Crippen molar-refractivity contribution in [3.63, 3.8) is 0 Å². The number of rotatable bonds is 56. The van der Waals surface area contributed by atoms with Gasteiger partial charge in [0, 0.05) is 12.8 Å². The lowest BCUT2D eigenvalue weighted by Gasteiger charge is -2.22. The van der Waals surface area contributed by atoms with E-state index in [1.165, 1.54) is 238 Å². The molecule has 0 aromatic rings. The molecule has 0 aliphatic heterocycles. The molecule has 2 atom stereocenters. The largest absolute Gasteiger partial charge is 0.466 e. The van der Waals surface area contributed by atoms with Crippen molar-refractivity contribution < 1.29 is 24.5 Å². The third-order valence-electron chi connectivity index (χ3n) is 13.9. The minimum absolute atomic E-state index is 0.00126. The SMILES string of the molecule is CCCCC/C=C\CCCCCCCC(=O)OCCCCCCCCCCC/C=C\C/C=C\CCCCCCCCCCCC(=O)NC(CO)C(O)CCCCCCCCCCCCCCCC. The molecule has 0 fully saturated rings. The first-order valence-electron chi connectivity index (χ1n) is 30.2. The maximum absolute atomic E-state index is 12.5. The van der Waals surface area contributed by atoms with Crippen LogP contribution in [0.25, 0.3) is 0 Å². The van der Waals surface area contributed by atoms with Crippen LogP contribution < -0.4 is 5.32 Å². The zero-order chi connectivity index (χ0) is 49.3. The normalized spacial score (nSPS) is 12.8. The van der Waals surface area contributed by atoms with Crippen LogP contribution in [0.4, 0.5) is 0 Å². The number of nitrogens with one attached hydrogen (secondary N) is 1. The Bertz CT molecular complexity index is 1100. The summed E-state index contributed by atoms with van der Waals surface area (Å²) >= 11 is 0. The van der Waals surface area contributed by atoms with E-state index < -0.39 is 12.1 Å². The Morgan fingerprint density at radius 1 is 0.412 bits per heavy atom. The van der Waals surface area contributed by atoms with Crippen LogP contribution in [-0.4, -0.2) is 47.4 Å². The Balaban J connectivity index is 3.44. The first-order chi connectivity index (χ1) is 33.5. The van der Waals surface area contributed by atoms with Gasteiger partial charge in [0.15, 0.2) is 0 Å². The molecule has 0 saturated carbocycles. The predicted octanol–water partition coefficient (Wildman–Crippen LogP) is 18.8. The summed E-state index contributed by atoms with van der Waals surface area (Å²) in [6.07, 6.45) is 71.5. The first-order valence-corrected chi connectivity index (χ1v) is 30.2. The van der Waals surface area contributed by atoms with Gasteiger partial charge in [0.1, 0.15) is 0 Å². The quantitative estimate of drug-likeness (QED) is 0.0321. The van der Waals surface area contributed by atoms with Crippen LogP contribution in [0.15, 0.2) is 36.5 Å². The molecular formula is C62H117NO5. The molecule has 0 rings (SSSR count). The van der Waals surface area contributed by atoms with E-state index in [0.717, 1.165) is 51.4 Å². The average Bonchev–Trinajstić information content (AvgIpc) is 3.34. The van der Waals surface area contributed by atoms with Gasteiger partial charge in [-0.3, -0.25) is 9.59 Å². The maximum Gasteiger partial charge on any atom is 0.305 e. The Morgan fingerprint density at radius 3 is 1.16 bits per heavy atom. The Morgan fingerprint density at radius 2 is 0.735 bits per heavy atom. The van der Waals surface area contributed by atoms with Gasteiger partial charge in [0.2, 0.25) is 5.91 Å². The third kappa shape index (κ3) is 53.4. The maximum atomic E-state index is 12.5. The van der Waals surface area contributed by atoms with Crippen LogP contribution in [0.3, 0.4) is 0 Å². The number of unbranched alkanes of at least 4 members (excludes halogenated alkanes) is 39. The van der Waals surface area contributed by atoms with E-state index in [1.54, 1.807) is 0 Å². The molecule has 68 heavy (non-hydrogen) atoms. The summed E-state index contributed by atoms with van der Waals surface area (Å²) in [5.74, 6) is -0.0416. The number of esters is 1. The fraction of sp³-hybridized carbons (Fsp3) is 0.871. The molecule has 2 unspecified atom stereocenters. The van der Waals surface area contributed by atoms with Crippen LogP contribution >= 0.6 is 0 Å². The molecule has 6 heteroatoms. The highest BCUT2D eigenvalue weighted by Crippen LogP contribution is 2.17. The minimum Gasteiger partial charge on any atom is -0.466 e. The van der Waals surface area contributed by atoms with Gasteiger partial charge >= 0.3 is 5.97 Å². The summed E-state index contributed by atoms with van der Waals surface area (Å²) in [7, 11) is 0. The molecule has 0 aliphatic rings. The monoisotopic (exact) mass is 956 g/mol. The highest BCUT2D eigenvalue weighted by Gasteiger charge is 2.20. The molecule has 0 aliphatic carbocycles. The van der Waals surface area contributed by atoms with E-state index in [1.807, 2.05) is 0 Å². The lowest BCUT2D eigenvalue weighted by Crippen LogP contribution is -2.45. The highest BCUT2D eigenvalue weighted by molar-refractivity contribution is 5.76. The summed E-state index contributed by atoms with van der Waals surface area (Å²) in [5.41, 5.74) is 0. The second kappa shape index (κ2) is 57.7. The summed E-state index contributed by atoms with van der Waals surface area (Å²) in [6, 6.07) is -0.546. The third-order valence-corrected chi connectivity index (χ3v) is 13.9. The van der Waals surface area contributed by atoms with Gasteiger partial charge in [-0.25, -0.2) is 0 Å². The molecule has 0 spiro atoms. The van der Waals surface area contributed by atoms with Gasteiger partial charge in [-0.15, -0.1) is 0 Å². The molecule has 0 saturated heterocycles. The molecule has 0 aromatic carbocycles. The minimum atomic E-state index is -0.668. The molecule has 1 amide bonds. The van der Waals surface area contributed by atoms with Crippen LogP contribution in [0.2, 0.25) is 0 Å². The topological polar surface area (TPSA) is 95.9 Å². The van der Waals surface area contributed by atoms with Gasteiger partial charge in [-0.2, -0.15) is 0 Å². The van der Waals surface area contributed by atoms with Gasteiger partial charge in [0.25, 0.3) is 0 Å². The standard InChI is InChI=1S/C62H117NO5/c1-3-5-7-9-11-13-15-17-31-34-38-42-46-50-54-60(65)59(58-64)63-61(66)55-51-47-43-39-35-32-29-27-25-23-21-19-18-20-22-24-26-28-30-33-37-41-45-49-53-57-68-62(67)56-52-48-44-40-36-16-14-12-10-8-6-4-2/h12,14,19-22,59-60,64-65H,3-11,13,15-18,23-58H2,1-2H3,(H,63,66)/b14-12-,21-19-,22-20-. The van der Waals surface area contributed by atoms with Crippen molar-refractivity contribution in [3.8, 4) is 0 Å². The zero-order valence-corrected chi connectivity index (χ0v) is 45.6. The molecular weight excluding hydrogens is 839 g/mol. The number of amides is 1. The number of allylic oxidation sites excluding steroid dienone is 6. The van der Waals surface area contributed by atoms with Crippen molar-refractivity contribution in [2.24, 2.45) is 0 Å². The molecule has 0 bridgehead atoms.